The van der Waals surface area contributed by atoms with E-state index < -0.39 is 28.5 Å². The molecule has 1 atom stereocenters. The lowest BCUT2D eigenvalue weighted by molar-refractivity contribution is -0.139. The topological polar surface area (TPSA) is 86.8 Å². The molecule has 0 aliphatic rings. The van der Waals surface area contributed by atoms with E-state index in [1.54, 1.807) is 43.3 Å². The quantitative estimate of drug-likeness (QED) is 0.455. The highest BCUT2D eigenvalue weighted by atomic mass is 32.2. The fraction of sp³-hybridized carbons (Fsp3) is 0.310. The van der Waals surface area contributed by atoms with Crippen molar-refractivity contribution >= 4 is 27.5 Å². The Bertz CT molecular complexity index is 1360. The van der Waals surface area contributed by atoms with E-state index >= 15 is 0 Å². The number of sulfonamides is 1. The smallest absolute Gasteiger partial charge is 0.264 e. The fourth-order valence-electron chi connectivity index (χ4n) is 4.22. The minimum Gasteiger partial charge on any atom is -0.357 e. The number of benzene rings is 3. The van der Waals surface area contributed by atoms with Crippen LogP contribution in [0.5, 0.6) is 0 Å². The van der Waals surface area contributed by atoms with Gasteiger partial charge >= 0.3 is 0 Å². The molecule has 0 heterocycles. The largest absolute Gasteiger partial charge is 0.357 e. The zero-order valence-corrected chi connectivity index (χ0v) is 23.1. The Morgan fingerprint density at radius 2 is 1.46 bits per heavy atom. The van der Waals surface area contributed by atoms with E-state index in [9.17, 15) is 18.0 Å². The maximum absolute atomic E-state index is 13.9. The lowest BCUT2D eigenvalue weighted by atomic mass is 10.1. The average molecular weight is 522 g/mol. The molecule has 37 heavy (non-hydrogen) atoms. The number of hydrogen-bond donors (Lipinski definition) is 1. The van der Waals surface area contributed by atoms with Crippen LogP contribution in [0.4, 0.5) is 5.69 Å². The van der Waals surface area contributed by atoms with Crippen LogP contribution in [0.3, 0.4) is 0 Å². The maximum atomic E-state index is 13.9. The zero-order valence-electron chi connectivity index (χ0n) is 22.3. The summed E-state index contributed by atoms with van der Waals surface area (Å²) in [6.45, 7) is 8.94. The van der Waals surface area contributed by atoms with Gasteiger partial charge in [-0.25, -0.2) is 8.42 Å². The molecular formula is C29H35N3O4S. The van der Waals surface area contributed by atoms with E-state index in [1.165, 1.54) is 11.9 Å². The molecule has 3 aromatic carbocycles. The summed E-state index contributed by atoms with van der Waals surface area (Å²) in [5, 5.41) is 2.60. The first-order valence-electron chi connectivity index (χ1n) is 12.2. The SMILES string of the molecule is CNC(=O)C(C)N(Cc1ccccc1C)C(=O)CN(c1cc(C)cc(C)c1)S(=O)(=O)c1ccc(C)cc1. The number of likely N-dealkylation sites (N-methyl/N-ethyl adjacent to an activating group) is 1. The molecule has 1 N–H and O–H groups in total. The number of amides is 2. The second kappa shape index (κ2) is 11.6. The van der Waals surface area contributed by atoms with Crippen LogP contribution in [-0.4, -0.2) is 44.8 Å². The van der Waals surface area contributed by atoms with Gasteiger partial charge in [0.05, 0.1) is 10.6 Å². The van der Waals surface area contributed by atoms with Crippen LogP contribution in [0.15, 0.2) is 71.6 Å². The summed E-state index contributed by atoms with van der Waals surface area (Å²) in [6, 6.07) is 18.8. The number of hydrogen-bond acceptors (Lipinski definition) is 4. The number of anilines is 1. The standard InChI is InChI=1S/C29H35N3O4S/c1-20-11-13-27(14-12-20)37(35,36)32(26-16-21(2)15-22(3)17-26)19-28(33)31(24(5)29(34)30-6)18-25-10-8-7-9-23(25)4/h7-17,24H,18-19H2,1-6H3,(H,30,34). The predicted octanol–water partition coefficient (Wildman–Crippen LogP) is 4.28. The van der Waals surface area contributed by atoms with Crippen molar-refractivity contribution in [3.05, 3.63) is 94.5 Å². The van der Waals surface area contributed by atoms with Crippen molar-refractivity contribution in [3.8, 4) is 0 Å². The van der Waals surface area contributed by atoms with Gasteiger partial charge in [0.1, 0.15) is 12.6 Å². The molecule has 0 aliphatic heterocycles. The number of nitrogens with one attached hydrogen (secondary N) is 1. The second-order valence-corrected chi connectivity index (χ2v) is 11.3. The highest BCUT2D eigenvalue weighted by Crippen LogP contribution is 2.27. The Kier molecular flexibility index (Phi) is 8.76. The van der Waals surface area contributed by atoms with Gasteiger partial charge < -0.3 is 10.2 Å². The summed E-state index contributed by atoms with van der Waals surface area (Å²) < 4.78 is 28.9. The van der Waals surface area contributed by atoms with Gasteiger partial charge in [0, 0.05) is 13.6 Å². The Morgan fingerprint density at radius 3 is 2.03 bits per heavy atom. The van der Waals surface area contributed by atoms with Crippen LogP contribution in [0, 0.1) is 27.7 Å². The maximum Gasteiger partial charge on any atom is 0.264 e. The third kappa shape index (κ3) is 6.57. The zero-order chi connectivity index (χ0) is 27.3. The van der Waals surface area contributed by atoms with Crippen molar-refractivity contribution < 1.29 is 18.0 Å². The van der Waals surface area contributed by atoms with Gasteiger partial charge in [0.25, 0.3) is 10.0 Å². The van der Waals surface area contributed by atoms with E-state index in [2.05, 4.69) is 5.32 Å². The van der Waals surface area contributed by atoms with Crippen LogP contribution < -0.4 is 9.62 Å². The molecule has 0 radical (unpaired) electrons. The van der Waals surface area contributed by atoms with E-state index in [-0.39, 0.29) is 17.3 Å². The number of aryl methyl sites for hydroxylation is 4. The predicted molar refractivity (Wildman–Crippen MR) is 147 cm³/mol. The summed E-state index contributed by atoms with van der Waals surface area (Å²) in [7, 11) is -2.57. The Hall–Kier alpha value is -3.65. The number of carbonyl (C=O) groups excluding carboxylic acids is 2. The molecule has 0 saturated carbocycles. The molecule has 8 heteroatoms. The summed E-state index contributed by atoms with van der Waals surface area (Å²) in [6.07, 6.45) is 0. The molecule has 7 nitrogen and oxygen atoms in total. The number of carbonyl (C=O) groups is 2. The average Bonchev–Trinajstić information content (AvgIpc) is 2.85. The van der Waals surface area contributed by atoms with Crippen LogP contribution in [0.2, 0.25) is 0 Å². The van der Waals surface area contributed by atoms with Crippen molar-refractivity contribution in [1.82, 2.24) is 10.2 Å². The van der Waals surface area contributed by atoms with Crippen molar-refractivity contribution in [3.63, 3.8) is 0 Å². The molecule has 0 bridgehead atoms. The summed E-state index contributed by atoms with van der Waals surface area (Å²) in [5.74, 6) is -0.810. The number of rotatable bonds is 9. The monoisotopic (exact) mass is 521 g/mol. The fourth-order valence-corrected chi connectivity index (χ4v) is 5.62. The first-order chi connectivity index (χ1) is 17.4. The lowest BCUT2D eigenvalue weighted by Crippen LogP contribution is -2.50. The molecule has 3 aromatic rings. The van der Waals surface area contributed by atoms with Crippen LogP contribution >= 0.6 is 0 Å². The van der Waals surface area contributed by atoms with Crippen molar-refractivity contribution in [1.29, 1.82) is 0 Å². The highest BCUT2D eigenvalue weighted by Gasteiger charge is 2.32. The first kappa shape index (κ1) is 27.9. The third-order valence-corrected chi connectivity index (χ3v) is 8.19. The summed E-state index contributed by atoms with van der Waals surface area (Å²) in [4.78, 5) is 28.0. The van der Waals surface area contributed by atoms with Gasteiger partial charge in [-0.05, 0) is 81.1 Å². The van der Waals surface area contributed by atoms with Gasteiger partial charge in [-0.2, -0.15) is 0 Å². The second-order valence-electron chi connectivity index (χ2n) is 9.41. The molecule has 0 spiro atoms. The molecule has 2 amide bonds. The van der Waals surface area contributed by atoms with Crippen molar-refractivity contribution in [2.75, 3.05) is 17.9 Å². The van der Waals surface area contributed by atoms with Gasteiger partial charge in [0.2, 0.25) is 11.8 Å². The highest BCUT2D eigenvalue weighted by molar-refractivity contribution is 7.92. The van der Waals surface area contributed by atoms with E-state index in [1.807, 2.05) is 58.0 Å². The van der Waals surface area contributed by atoms with Gasteiger partial charge in [-0.3, -0.25) is 13.9 Å². The molecule has 3 rings (SSSR count). The van der Waals surface area contributed by atoms with Crippen LogP contribution in [0.25, 0.3) is 0 Å². The normalized spacial score (nSPS) is 12.1. The minimum absolute atomic E-state index is 0.0925. The molecular weight excluding hydrogens is 486 g/mol. The molecule has 0 aromatic heterocycles. The number of nitrogens with zero attached hydrogens (tertiary/aromatic N) is 2. The molecule has 0 fully saturated rings. The Labute approximate surface area is 220 Å². The van der Waals surface area contributed by atoms with Crippen LogP contribution in [-0.2, 0) is 26.2 Å². The van der Waals surface area contributed by atoms with Gasteiger partial charge in [0.15, 0.2) is 0 Å². The molecule has 0 saturated heterocycles. The van der Waals surface area contributed by atoms with Crippen molar-refractivity contribution in [2.45, 2.75) is 52.1 Å². The van der Waals surface area contributed by atoms with E-state index in [4.69, 9.17) is 0 Å². The molecule has 196 valence electrons. The van der Waals surface area contributed by atoms with Crippen LogP contribution in [0.1, 0.15) is 34.7 Å². The summed E-state index contributed by atoms with van der Waals surface area (Å²) in [5.41, 5.74) is 4.93. The van der Waals surface area contributed by atoms with Gasteiger partial charge in [-0.1, -0.05) is 48.0 Å². The van der Waals surface area contributed by atoms with E-state index in [0.29, 0.717) is 5.69 Å². The Balaban J connectivity index is 2.08. The Morgan fingerprint density at radius 1 is 0.865 bits per heavy atom. The third-order valence-electron chi connectivity index (χ3n) is 6.40. The molecule has 1 unspecified atom stereocenters. The minimum atomic E-state index is -4.08. The molecule has 0 aliphatic carbocycles. The van der Waals surface area contributed by atoms with Crippen molar-refractivity contribution in [2.24, 2.45) is 0 Å². The van der Waals surface area contributed by atoms with Gasteiger partial charge in [-0.15, -0.1) is 0 Å². The first-order valence-corrected chi connectivity index (χ1v) is 13.6. The lowest BCUT2D eigenvalue weighted by Gasteiger charge is -2.32. The van der Waals surface area contributed by atoms with E-state index in [0.717, 1.165) is 32.1 Å². The summed E-state index contributed by atoms with van der Waals surface area (Å²) >= 11 is 0.